The Morgan fingerprint density at radius 3 is 2.28 bits per heavy atom. The molecule has 1 unspecified atom stereocenters. The fourth-order valence-electron chi connectivity index (χ4n) is 3.69. The van der Waals surface area contributed by atoms with Crippen LogP contribution in [0.4, 0.5) is 10.1 Å². The summed E-state index contributed by atoms with van der Waals surface area (Å²) in [5.74, 6) is -0.256. The molecular weight excluding hydrogens is 473 g/mol. The quantitative estimate of drug-likeness (QED) is 0.294. The highest BCUT2D eigenvalue weighted by molar-refractivity contribution is 7.98. The van der Waals surface area contributed by atoms with E-state index >= 15 is 0 Å². The van der Waals surface area contributed by atoms with Crippen LogP contribution in [-0.4, -0.2) is 34.8 Å². The second-order valence-corrected chi connectivity index (χ2v) is 9.34. The topological polar surface area (TPSA) is 62.3 Å². The number of thioether (sulfide) groups is 1. The summed E-state index contributed by atoms with van der Waals surface area (Å²) in [5, 5.41) is 2.94. The first-order valence-corrected chi connectivity index (χ1v) is 12.5. The number of likely N-dealkylation sites (N-methyl/N-ethyl adjacent to an activating group) is 1. The minimum Gasteiger partial charge on any atom is -0.329 e. The predicted molar refractivity (Wildman–Crippen MR) is 141 cm³/mol. The first-order valence-electron chi connectivity index (χ1n) is 11.5. The lowest BCUT2D eigenvalue weighted by molar-refractivity contribution is -0.120. The molecule has 0 fully saturated rings. The lowest BCUT2D eigenvalue weighted by Gasteiger charge is -2.27. The number of hydrogen-bond donors (Lipinski definition) is 1. The Labute approximate surface area is 214 Å². The van der Waals surface area contributed by atoms with Crippen LogP contribution in [-0.2, 0) is 17.0 Å². The summed E-state index contributed by atoms with van der Waals surface area (Å²) in [5.41, 5.74) is 3.02. The first kappa shape index (κ1) is 25.1. The standard InChI is InChI=1S/C29H26FN3O2S/c1-33(29(35)23-9-11-24(30)12-10-23)27(18-22-8-5-17-31-19-22)28(34)32-25-13-15-26(16-14-25)36-20-21-6-3-2-4-7-21/h2-17,19,27H,18,20H2,1H3,(H,32,34). The van der Waals surface area contributed by atoms with E-state index in [-0.39, 0.29) is 18.2 Å². The number of hydrogen-bond acceptors (Lipinski definition) is 4. The molecule has 3 aromatic carbocycles. The molecule has 0 aliphatic heterocycles. The van der Waals surface area contributed by atoms with Crippen LogP contribution in [0.15, 0.2) is 108 Å². The number of anilines is 1. The van der Waals surface area contributed by atoms with Crippen LogP contribution < -0.4 is 5.32 Å². The number of rotatable bonds is 9. The van der Waals surface area contributed by atoms with Gasteiger partial charge in [-0.3, -0.25) is 14.6 Å². The number of halogens is 1. The highest BCUT2D eigenvalue weighted by Gasteiger charge is 2.28. The monoisotopic (exact) mass is 499 g/mol. The lowest BCUT2D eigenvalue weighted by atomic mass is 10.0. The van der Waals surface area contributed by atoms with Gasteiger partial charge >= 0.3 is 0 Å². The molecular formula is C29H26FN3O2S. The highest BCUT2D eigenvalue weighted by Crippen LogP contribution is 2.24. The molecule has 2 amide bonds. The Bertz CT molecular complexity index is 1280. The molecule has 0 saturated heterocycles. The summed E-state index contributed by atoms with van der Waals surface area (Å²) in [6, 6.07) is 26.0. The average molecular weight is 500 g/mol. The summed E-state index contributed by atoms with van der Waals surface area (Å²) in [6.07, 6.45) is 3.62. The van der Waals surface area contributed by atoms with Crippen LogP contribution in [0.25, 0.3) is 0 Å². The van der Waals surface area contributed by atoms with Crippen LogP contribution in [0.3, 0.4) is 0 Å². The maximum atomic E-state index is 13.4. The van der Waals surface area contributed by atoms with Crippen molar-refractivity contribution >= 4 is 29.3 Å². The van der Waals surface area contributed by atoms with Crippen LogP contribution in [0.2, 0.25) is 0 Å². The number of benzene rings is 3. The second-order valence-electron chi connectivity index (χ2n) is 8.29. The normalized spacial score (nSPS) is 11.5. The van der Waals surface area contributed by atoms with Gasteiger partial charge in [0, 0.05) is 47.8 Å². The molecule has 1 heterocycles. The van der Waals surface area contributed by atoms with Gasteiger partial charge in [-0.05, 0) is 65.7 Å². The van der Waals surface area contributed by atoms with Crippen molar-refractivity contribution in [3.63, 3.8) is 0 Å². The molecule has 0 spiro atoms. The smallest absolute Gasteiger partial charge is 0.254 e. The third kappa shape index (κ3) is 6.79. The van der Waals surface area contributed by atoms with Gasteiger partial charge in [0.25, 0.3) is 5.91 Å². The maximum Gasteiger partial charge on any atom is 0.254 e. The molecule has 7 heteroatoms. The van der Waals surface area contributed by atoms with Crippen LogP contribution >= 0.6 is 11.8 Å². The molecule has 1 N–H and O–H groups in total. The van der Waals surface area contributed by atoms with E-state index < -0.39 is 11.9 Å². The fourth-order valence-corrected chi connectivity index (χ4v) is 4.54. The maximum absolute atomic E-state index is 13.4. The van der Waals surface area contributed by atoms with Gasteiger partial charge in [0.15, 0.2) is 0 Å². The Hall–Kier alpha value is -3.97. The van der Waals surface area contributed by atoms with Gasteiger partial charge < -0.3 is 10.2 Å². The Morgan fingerprint density at radius 2 is 1.61 bits per heavy atom. The van der Waals surface area contributed by atoms with Crippen LogP contribution in [0.5, 0.6) is 0 Å². The Morgan fingerprint density at radius 1 is 0.917 bits per heavy atom. The molecule has 0 aliphatic rings. The zero-order chi connectivity index (χ0) is 25.3. The van der Waals surface area contributed by atoms with Crippen molar-refractivity contribution in [1.82, 2.24) is 9.88 Å². The van der Waals surface area contributed by atoms with E-state index in [4.69, 9.17) is 0 Å². The zero-order valence-electron chi connectivity index (χ0n) is 19.8. The molecule has 182 valence electrons. The van der Waals surface area contributed by atoms with E-state index in [9.17, 15) is 14.0 Å². The van der Waals surface area contributed by atoms with Gasteiger partial charge in [-0.1, -0.05) is 36.4 Å². The molecule has 36 heavy (non-hydrogen) atoms. The molecule has 0 radical (unpaired) electrons. The van der Waals surface area contributed by atoms with E-state index in [0.29, 0.717) is 11.3 Å². The Kier molecular flexibility index (Phi) is 8.47. The van der Waals surface area contributed by atoms with Crippen molar-refractivity contribution in [1.29, 1.82) is 0 Å². The molecule has 0 saturated carbocycles. The lowest BCUT2D eigenvalue weighted by Crippen LogP contribution is -2.46. The number of aromatic nitrogens is 1. The SMILES string of the molecule is CN(C(=O)c1ccc(F)cc1)C(Cc1cccnc1)C(=O)Nc1ccc(SCc2ccccc2)cc1. The second kappa shape index (κ2) is 12.1. The highest BCUT2D eigenvalue weighted by atomic mass is 32.2. The molecule has 1 aromatic heterocycles. The van der Waals surface area contributed by atoms with E-state index in [1.54, 1.807) is 37.3 Å². The molecule has 0 aliphatic carbocycles. The van der Waals surface area contributed by atoms with Gasteiger partial charge in [-0.25, -0.2) is 4.39 Å². The van der Waals surface area contributed by atoms with Crippen molar-refractivity contribution in [3.8, 4) is 0 Å². The van der Waals surface area contributed by atoms with Gasteiger partial charge in [0.05, 0.1) is 0 Å². The summed E-state index contributed by atoms with van der Waals surface area (Å²) >= 11 is 1.72. The zero-order valence-corrected chi connectivity index (χ0v) is 20.6. The van der Waals surface area contributed by atoms with Gasteiger partial charge in [-0.2, -0.15) is 0 Å². The molecule has 1 atom stereocenters. The van der Waals surface area contributed by atoms with Crippen molar-refractivity contribution in [2.24, 2.45) is 0 Å². The Balaban J connectivity index is 1.46. The van der Waals surface area contributed by atoms with Crippen LogP contribution in [0, 0.1) is 5.82 Å². The molecule has 4 aromatic rings. The fraction of sp³-hybridized carbons (Fsp3) is 0.138. The summed E-state index contributed by atoms with van der Waals surface area (Å²) in [4.78, 5) is 33.0. The molecule has 4 rings (SSSR count). The number of carbonyl (C=O) groups is 2. The summed E-state index contributed by atoms with van der Waals surface area (Å²) < 4.78 is 13.3. The summed E-state index contributed by atoms with van der Waals surface area (Å²) in [6.45, 7) is 0. The number of amides is 2. The third-order valence-corrected chi connectivity index (χ3v) is 6.79. The van der Waals surface area contributed by atoms with Gasteiger partial charge in [-0.15, -0.1) is 11.8 Å². The summed E-state index contributed by atoms with van der Waals surface area (Å²) in [7, 11) is 1.58. The number of nitrogens with zero attached hydrogens (tertiary/aromatic N) is 2. The largest absolute Gasteiger partial charge is 0.329 e. The predicted octanol–water partition coefficient (Wildman–Crippen LogP) is 5.84. The molecule has 0 bridgehead atoms. The van der Waals surface area contributed by atoms with Gasteiger partial charge in [0.2, 0.25) is 5.91 Å². The third-order valence-electron chi connectivity index (χ3n) is 5.70. The minimum absolute atomic E-state index is 0.286. The van der Waals surface area contributed by atoms with E-state index in [0.717, 1.165) is 16.2 Å². The van der Waals surface area contributed by atoms with Crippen molar-refractivity contribution < 1.29 is 14.0 Å². The van der Waals surface area contributed by atoms with Crippen molar-refractivity contribution in [2.45, 2.75) is 23.1 Å². The molecule has 5 nitrogen and oxygen atoms in total. The van der Waals surface area contributed by atoms with E-state index in [1.807, 2.05) is 48.5 Å². The van der Waals surface area contributed by atoms with Gasteiger partial charge in [0.1, 0.15) is 11.9 Å². The van der Waals surface area contributed by atoms with Crippen LogP contribution in [0.1, 0.15) is 21.5 Å². The number of carbonyl (C=O) groups excluding carboxylic acids is 2. The minimum atomic E-state index is -0.793. The number of pyridine rings is 1. The van der Waals surface area contributed by atoms with Crippen molar-refractivity contribution in [2.75, 3.05) is 12.4 Å². The van der Waals surface area contributed by atoms with E-state index in [1.165, 1.54) is 34.7 Å². The average Bonchev–Trinajstić information content (AvgIpc) is 2.92. The number of nitrogens with one attached hydrogen (secondary N) is 1. The van der Waals surface area contributed by atoms with E-state index in [2.05, 4.69) is 22.4 Å². The van der Waals surface area contributed by atoms with Crippen molar-refractivity contribution in [3.05, 3.63) is 126 Å². The first-order chi connectivity index (χ1) is 17.5.